The van der Waals surface area contributed by atoms with E-state index in [4.69, 9.17) is 11.6 Å². The molecular weight excluding hydrogens is 282 g/mol. The fourth-order valence-corrected chi connectivity index (χ4v) is 2.07. The fourth-order valence-electron chi connectivity index (χ4n) is 1.89. The van der Waals surface area contributed by atoms with Crippen LogP contribution in [0.3, 0.4) is 0 Å². The molecule has 0 aromatic heterocycles. The molecule has 1 N–H and O–H groups in total. The molecule has 0 radical (unpaired) electrons. The number of benzene rings is 1. The van der Waals surface area contributed by atoms with E-state index < -0.39 is 4.92 Å². The molecule has 1 aliphatic rings. The average molecular weight is 298 g/mol. The van der Waals surface area contributed by atoms with E-state index in [1.807, 2.05) is 0 Å². The third-order valence-electron chi connectivity index (χ3n) is 3.04. The van der Waals surface area contributed by atoms with Crippen molar-refractivity contribution in [1.82, 2.24) is 10.2 Å². The molecule has 6 nitrogen and oxygen atoms in total. The van der Waals surface area contributed by atoms with Gasteiger partial charge < -0.3 is 5.32 Å². The Bertz CT molecular complexity index is 532. The van der Waals surface area contributed by atoms with Gasteiger partial charge in [-0.1, -0.05) is 11.6 Å². The summed E-state index contributed by atoms with van der Waals surface area (Å²) < 4.78 is 0. The number of halogens is 1. The molecule has 0 heterocycles. The summed E-state index contributed by atoms with van der Waals surface area (Å²) >= 11 is 6.03. The van der Waals surface area contributed by atoms with E-state index in [-0.39, 0.29) is 18.1 Å². The van der Waals surface area contributed by atoms with Gasteiger partial charge >= 0.3 is 0 Å². The van der Waals surface area contributed by atoms with Crippen LogP contribution < -0.4 is 5.32 Å². The van der Waals surface area contributed by atoms with E-state index in [1.165, 1.54) is 18.2 Å². The number of nitrogens with zero attached hydrogens (tertiary/aromatic N) is 2. The third-order valence-corrected chi connectivity index (χ3v) is 3.41. The van der Waals surface area contributed by atoms with Gasteiger partial charge in [-0.2, -0.15) is 0 Å². The second-order valence-corrected chi connectivity index (χ2v) is 5.45. The van der Waals surface area contributed by atoms with Crippen molar-refractivity contribution < 1.29 is 9.72 Å². The lowest BCUT2D eigenvalue weighted by atomic mass is 10.2. The van der Waals surface area contributed by atoms with Crippen molar-refractivity contribution in [3.63, 3.8) is 0 Å². The Hall–Kier alpha value is -1.66. The number of carbonyl (C=O) groups is 1. The summed E-state index contributed by atoms with van der Waals surface area (Å²) in [5.74, 6) is -0.0310. The van der Waals surface area contributed by atoms with Crippen molar-refractivity contribution in [2.45, 2.75) is 25.4 Å². The lowest BCUT2D eigenvalue weighted by Crippen LogP contribution is -2.36. The summed E-state index contributed by atoms with van der Waals surface area (Å²) in [7, 11) is 1.78. The minimum absolute atomic E-state index is 0.000215. The molecule has 1 amide bonds. The van der Waals surface area contributed by atoms with Crippen LogP contribution in [0.25, 0.3) is 0 Å². The summed E-state index contributed by atoms with van der Waals surface area (Å²) in [4.78, 5) is 23.7. The molecule has 1 aliphatic carbocycles. The van der Waals surface area contributed by atoms with Gasteiger partial charge in [0, 0.05) is 29.7 Å². The van der Waals surface area contributed by atoms with Crippen molar-refractivity contribution in [2.24, 2.45) is 0 Å². The quantitative estimate of drug-likeness (QED) is 0.643. The topological polar surface area (TPSA) is 75.5 Å². The van der Waals surface area contributed by atoms with Crippen LogP contribution in [0.15, 0.2) is 18.2 Å². The number of nitrogens with one attached hydrogen (secondary N) is 1. The van der Waals surface area contributed by atoms with Gasteiger partial charge in [-0.3, -0.25) is 19.8 Å². The van der Waals surface area contributed by atoms with Gasteiger partial charge in [-0.15, -0.1) is 0 Å². The van der Waals surface area contributed by atoms with Crippen LogP contribution in [-0.4, -0.2) is 35.4 Å². The monoisotopic (exact) mass is 297 g/mol. The van der Waals surface area contributed by atoms with Crippen LogP contribution in [0.4, 0.5) is 5.69 Å². The van der Waals surface area contributed by atoms with E-state index in [1.54, 1.807) is 11.9 Å². The van der Waals surface area contributed by atoms with Gasteiger partial charge in [0.1, 0.15) is 0 Å². The largest absolute Gasteiger partial charge is 0.352 e. The molecule has 0 saturated heterocycles. The highest BCUT2D eigenvalue weighted by atomic mass is 35.5. The molecule has 7 heteroatoms. The molecule has 0 atom stereocenters. The minimum Gasteiger partial charge on any atom is -0.352 e. The van der Waals surface area contributed by atoms with Crippen molar-refractivity contribution in [1.29, 1.82) is 0 Å². The Balaban J connectivity index is 1.95. The van der Waals surface area contributed by atoms with Gasteiger partial charge in [0.2, 0.25) is 5.91 Å². The van der Waals surface area contributed by atoms with Crippen LogP contribution in [-0.2, 0) is 11.3 Å². The van der Waals surface area contributed by atoms with Gasteiger partial charge in [-0.05, 0) is 31.5 Å². The van der Waals surface area contributed by atoms with Crippen molar-refractivity contribution in [2.75, 3.05) is 13.6 Å². The first-order chi connectivity index (χ1) is 9.45. The standard InChI is InChI=1S/C13H16ClN3O3/c1-16(8-13(18)15-10-2-3-10)7-9-6-11(17(19)20)4-5-12(9)14/h4-6,10H,2-3,7-8H2,1H3,(H,15,18). The van der Waals surface area contributed by atoms with Crippen LogP contribution in [0.5, 0.6) is 0 Å². The second kappa shape index (κ2) is 6.19. The molecule has 108 valence electrons. The summed E-state index contributed by atoms with van der Waals surface area (Å²) in [6.45, 7) is 0.633. The SMILES string of the molecule is CN(CC(=O)NC1CC1)Cc1cc([N+](=O)[O-])ccc1Cl. The zero-order valence-electron chi connectivity index (χ0n) is 11.1. The first kappa shape index (κ1) is 14.7. The third kappa shape index (κ3) is 4.18. The second-order valence-electron chi connectivity index (χ2n) is 5.05. The number of non-ortho nitro benzene ring substituents is 1. The molecular formula is C13H16ClN3O3. The minimum atomic E-state index is -0.459. The van der Waals surface area contributed by atoms with Gasteiger partial charge in [0.25, 0.3) is 5.69 Å². The van der Waals surface area contributed by atoms with Gasteiger partial charge in [0.05, 0.1) is 11.5 Å². The number of nitro groups is 1. The highest BCUT2D eigenvalue weighted by molar-refractivity contribution is 6.31. The zero-order valence-corrected chi connectivity index (χ0v) is 11.9. The predicted molar refractivity (Wildman–Crippen MR) is 75.6 cm³/mol. The van der Waals surface area contributed by atoms with Crippen LogP contribution >= 0.6 is 11.6 Å². The molecule has 1 aromatic rings. The molecule has 1 aromatic carbocycles. The molecule has 0 unspecified atom stereocenters. The molecule has 0 aliphatic heterocycles. The molecule has 1 fully saturated rings. The lowest BCUT2D eigenvalue weighted by Gasteiger charge is -2.17. The van der Waals surface area contributed by atoms with E-state index in [0.29, 0.717) is 23.2 Å². The highest BCUT2D eigenvalue weighted by Gasteiger charge is 2.23. The maximum absolute atomic E-state index is 11.7. The zero-order chi connectivity index (χ0) is 14.7. The molecule has 0 bridgehead atoms. The maximum Gasteiger partial charge on any atom is 0.269 e. The van der Waals surface area contributed by atoms with Crippen molar-refractivity contribution in [3.8, 4) is 0 Å². The summed E-state index contributed by atoms with van der Waals surface area (Å²) in [5, 5.41) is 14.1. The Morgan fingerprint density at radius 3 is 2.85 bits per heavy atom. The fraction of sp³-hybridized carbons (Fsp3) is 0.462. The van der Waals surface area contributed by atoms with E-state index in [0.717, 1.165) is 12.8 Å². The van der Waals surface area contributed by atoms with E-state index in [9.17, 15) is 14.9 Å². The molecule has 2 rings (SSSR count). The number of nitro benzene ring substituents is 1. The predicted octanol–water partition coefficient (Wildman–Crippen LogP) is 1.96. The van der Waals surface area contributed by atoms with Gasteiger partial charge in [-0.25, -0.2) is 0 Å². The summed E-state index contributed by atoms with van der Waals surface area (Å²) in [6, 6.07) is 4.65. The Morgan fingerprint density at radius 1 is 1.55 bits per heavy atom. The maximum atomic E-state index is 11.7. The molecule has 0 spiro atoms. The number of amides is 1. The highest BCUT2D eigenvalue weighted by Crippen LogP contribution is 2.23. The van der Waals surface area contributed by atoms with Crippen LogP contribution in [0.2, 0.25) is 5.02 Å². The average Bonchev–Trinajstić information content (AvgIpc) is 3.15. The van der Waals surface area contributed by atoms with E-state index >= 15 is 0 Å². The molecule has 20 heavy (non-hydrogen) atoms. The number of hydrogen-bond acceptors (Lipinski definition) is 4. The first-order valence-corrected chi connectivity index (χ1v) is 6.74. The number of hydrogen-bond donors (Lipinski definition) is 1. The molecule has 1 saturated carbocycles. The summed E-state index contributed by atoms with van der Waals surface area (Å²) in [5.41, 5.74) is 0.642. The number of rotatable bonds is 6. The smallest absolute Gasteiger partial charge is 0.269 e. The van der Waals surface area contributed by atoms with Crippen molar-refractivity contribution >= 4 is 23.2 Å². The Labute approximate surface area is 121 Å². The number of likely N-dealkylation sites (N-methyl/N-ethyl adjacent to an activating group) is 1. The Kier molecular flexibility index (Phi) is 4.57. The van der Waals surface area contributed by atoms with Crippen LogP contribution in [0.1, 0.15) is 18.4 Å². The normalized spacial score (nSPS) is 14.3. The van der Waals surface area contributed by atoms with E-state index in [2.05, 4.69) is 5.32 Å². The lowest BCUT2D eigenvalue weighted by molar-refractivity contribution is -0.384. The summed E-state index contributed by atoms with van der Waals surface area (Å²) in [6.07, 6.45) is 2.10. The van der Waals surface area contributed by atoms with Crippen molar-refractivity contribution in [3.05, 3.63) is 38.9 Å². The van der Waals surface area contributed by atoms with Crippen LogP contribution in [0, 0.1) is 10.1 Å². The first-order valence-electron chi connectivity index (χ1n) is 6.36. The Morgan fingerprint density at radius 2 is 2.25 bits per heavy atom. The van der Waals surface area contributed by atoms with Gasteiger partial charge in [0.15, 0.2) is 0 Å². The number of carbonyl (C=O) groups excluding carboxylic acids is 1.